The van der Waals surface area contributed by atoms with Gasteiger partial charge in [0.2, 0.25) is 0 Å². The molecule has 1 unspecified atom stereocenters. The molecule has 1 aromatic carbocycles. The summed E-state index contributed by atoms with van der Waals surface area (Å²) in [4.78, 5) is 12.6. The average molecular weight is 254 g/mol. The zero-order valence-electron chi connectivity index (χ0n) is 10.2. The van der Waals surface area contributed by atoms with Crippen molar-refractivity contribution >= 4 is 17.7 Å². The van der Waals surface area contributed by atoms with Gasteiger partial charge in [0, 0.05) is 4.90 Å². The fraction of sp³-hybridized carbons (Fsp3) is 0.462. The molecule has 1 aromatic rings. The molecule has 0 saturated carbocycles. The molecule has 4 heteroatoms. The van der Waals surface area contributed by atoms with Gasteiger partial charge in [0.25, 0.3) is 0 Å². The highest BCUT2D eigenvalue weighted by Gasteiger charge is 2.18. The molecule has 0 radical (unpaired) electrons. The zero-order valence-corrected chi connectivity index (χ0v) is 11.0. The fourth-order valence-electron chi connectivity index (χ4n) is 1.41. The average Bonchev–Trinajstić information content (AvgIpc) is 2.36. The van der Waals surface area contributed by atoms with E-state index < -0.39 is 0 Å². The third-order valence-corrected chi connectivity index (χ3v) is 3.62. The van der Waals surface area contributed by atoms with Crippen LogP contribution in [0.3, 0.4) is 0 Å². The molecule has 0 aliphatic carbocycles. The third-order valence-electron chi connectivity index (χ3n) is 2.28. The normalized spacial score (nSPS) is 12.2. The molecule has 17 heavy (non-hydrogen) atoms. The van der Waals surface area contributed by atoms with Gasteiger partial charge in [-0.1, -0.05) is 19.1 Å². The Balaban J connectivity index is 2.69. The summed E-state index contributed by atoms with van der Waals surface area (Å²) in [7, 11) is 0. The molecule has 0 amide bonds. The SMILES string of the molecule is CCOC(=O)C(CC)Sc1cccc(CO)c1. The molecule has 0 aliphatic heterocycles. The van der Waals surface area contributed by atoms with Crippen LogP contribution < -0.4 is 0 Å². The lowest BCUT2D eigenvalue weighted by atomic mass is 10.2. The molecule has 0 bridgehead atoms. The molecule has 0 fully saturated rings. The Labute approximate surface area is 106 Å². The molecule has 3 nitrogen and oxygen atoms in total. The summed E-state index contributed by atoms with van der Waals surface area (Å²) in [6.07, 6.45) is 0.729. The molecule has 0 aliphatic rings. The molecule has 0 saturated heterocycles. The maximum Gasteiger partial charge on any atom is 0.319 e. The van der Waals surface area contributed by atoms with Gasteiger partial charge in [-0.15, -0.1) is 11.8 Å². The highest BCUT2D eigenvalue weighted by Crippen LogP contribution is 2.27. The van der Waals surface area contributed by atoms with E-state index in [0.717, 1.165) is 16.9 Å². The smallest absolute Gasteiger partial charge is 0.319 e. The molecule has 1 rings (SSSR count). The molecule has 1 N–H and O–H groups in total. The number of rotatable bonds is 6. The van der Waals surface area contributed by atoms with E-state index >= 15 is 0 Å². The van der Waals surface area contributed by atoms with E-state index in [1.165, 1.54) is 11.8 Å². The molecule has 94 valence electrons. The highest BCUT2D eigenvalue weighted by atomic mass is 32.2. The Bertz CT molecular complexity index is 365. The van der Waals surface area contributed by atoms with Crippen molar-refractivity contribution in [2.45, 2.75) is 37.0 Å². The predicted molar refractivity (Wildman–Crippen MR) is 68.9 cm³/mol. The van der Waals surface area contributed by atoms with Crippen molar-refractivity contribution in [2.75, 3.05) is 6.61 Å². The summed E-state index contributed by atoms with van der Waals surface area (Å²) >= 11 is 1.48. The Morgan fingerprint density at radius 3 is 2.82 bits per heavy atom. The van der Waals surface area contributed by atoms with Gasteiger partial charge >= 0.3 is 5.97 Å². The fourth-order valence-corrected chi connectivity index (χ4v) is 2.45. The van der Waals surface area contributed by atoms with Gasteiger partial charge in [-0.3, -0.25) is 4.79 Å². The Kier molecular flexibility index (Phi) is 6.08. The second kappa shape index (κ2) is 7.35. The van der Waals surface area contributed by atoms with Crippen molar-refractivity contribution in [1.82, 2.24) is 0 Å². The number of esters is 1. The number of ether oxygens (including phenoxy) is 1. The lowest BCUT2D eigenvalue weighted by Crippen LogP contribution is -2.19. The van der Waals surface area contributed by atoms with Crippen molar-refractivity contribution < 1.29 is 14.6 Å². The maximum atomic E-state index is 11.6. The largest absolute Gasteiger partial charge is 0.465 e. The first kappa shape index (κ1) is 14.1. The van der Waals surface area contributed by atoms with Gasteiger partial charge in [0.05, 0.1) is 13.2 Å². The van der Waals surface area contributed by atoms with Crippen LogP contribution in [0.15, 0.2) is 29.2 Å². The van der Waals surface area contributed by atoms with Gasteiger partial charge in [0.15, 0.2) is 0 Å². The lowest BCUT2D eigenvalue weighted by Gasteiger charge is -2.13. The summed E-state index contributed by atoms with van der Waals surface area (Å²) in [6.45, 7) is 4.20. The van der Waals surface area contributed by atoms with Gasteiger partial charge in [-0.2, -0.15) is 0 Å². The monoisotopic (exact) mass is 254 g/mol. The first-order valence-electron chi connectivity index (χ1n) is 5.74. The molecular formula is C13H18O3S. The second-order valence-electron chi connectivity index (χ2n) is 3.57. The molecule has 0 aromatic heterocycles. The molecular weight excluding hydrogens is 236 g/mol. The van der Waals surface area contributed by atoms with Crippen molar-refractivity contribution in [3.8, 4) is 0 Å². The number of hydrogen-bond acceptors (Lipinski definition) is 4. The standard InChI is InChI=1S/C13H18O3S/c1-3-12(13(15)16-4-2)17-11-7-5-6-10(8-11)9-14/h5-8,12,14H,3-4,9H2,1-2H3. The van der Waals surface area contributed by atoms with Crippen LogP contribution in [0.2, 0.25) is 0 Å². The summed E-state index contributed by atoms with van der Waals surface area (Å²) in [5, 5.41) is 8.87. The number of thioether (sulfide) groups is 1. The van der Waals surface area contributed by atoms with Crippen molar-refractivity contribution in [2.24, 2.45) is 0 Å². The first-order valence-corrected chi connectivity index (χ1v) is 6.62. The van der Waals surface area contributed by atoms with E-state index in [1.807, 2.05) is 38.1 Å². The zero-order chi connectivity index (χ0) is 12.7. The van der Waals surface area contributed by atoms with E-state index in [4.69, 9.17) is 9.84 Å². The molecule has 0 heterocycles. The van der Waals surface area contributed by atoms with Crippen LogP contribution in [0.4, 0.5) is 0 Å². The topological polar surface area (TPSA) is 46.5 Å². The Morgan fingerprint density at radius 2 is 2.24 bits per heavy atom. The molecule has 1 atom stereocenters. The number of carbonyl (C=O) groups is 1. The quantitative estimate of drug-likeness (QED) is 0.626. The van der Waals surface area contributed by atoms with Crippen molar-refractivity contribution in [1.29, 1.82) is 0 Å². The van der Waals surface area contributed by atoms with Crippen LogP contribution in [0.5, 0.6) is 0 Å². The van der Waals surface area contributed by atoms with E-state index in [9.17, 15) is 4.79 Å². The summed E-state index contributed by atoms with van der Waals surface area (Å²) in [5.74, 6) is -0.172. The lowest BCUT2D eigenvalue weighted by molar-refractivity contribution is -0.142. The van der Waals surface area contributed by atoms with Gasteiger partial charge in [-0.05, 0) is 31.0 Å². The molecule has 0 spiro atoms. The third kappa shape index (κ3) is 4.40. The minimum atomic E-state index is -0.177. The van der Waals surface area contributed by atoms with Crippen LogP contribution >= 0.6 is 11.8 Å². The number of hydrogen-bond donors (Lipinski definition) is 1. The predicted octanol–water partition coefficient (Wildman–Crippen LogP) is 2.61. The maximum absolute atomic E-state index is 11.6. The summed E-state index contributed by atoms with van der Waals surface area (Å²) < 4.78 is 5.01. The van der Waals surface area contributed by atoms with Crippen molar-refractivity contribution in [3.05, 3.63) is 29.8 Å². The Hall–Kier alpha value is -1.00. The first-order chi connectivity index (χ1) is 8.21. The second-order valence-corrected chi connectivity index (χ2v) is 4.85. The number of benzene rings is 1. The van der Waals surface area contributed by atoms with E-state index in [1.54, 1.807) is 0 Å². The van der Waals surface area contributed by atoms with Crippen LogP contribution in [0, 0.1) is 0 Å². The summed E-state index contributed by atoms with van der Waals surface area (Å²) in [6, 6.07) is 7.57. The van der Waals surface area contributed by atoms with Crippen LogP contribution in [-0.4, -0.2) is 22.9 Å². The van der Waals surface area contributed by atoms with Crippen LogP contribution in [-0.2, 0) is 16.1 Å². The Morgan fingerprint density at radius 1 is 1.47 bits per heavy atom. The van der Waals surface area contributed by atoms with E-state index in [-0.39, 0.29) is 17.8 Å². The number of aliphatic hydroxyl groups excluding tert-OH is 1. The van der Waals surface area contributed by atoms with Gasteiger partial charge < -0.3 is 9.84 Å². The van der Waals surface area contributed by atoms with E-state index in [0.29, 0.717) is 6.61 Å². The minimum absolute atomic E-state index is 0.0185. The highest BCUT2D eigenvalue weighted by molar-refractivity contribution is 8.00. The van der Waals surface area contributed by atoms with Gasteiger partial charge in [0.1, 0.15) is 5.25 Å². The van der Waals surface area contributed by atoms with Crippen LogP contribution in [0.25, 0.3) is 0 Å². The number of aliphatic hydroxyl groups is 1. The van der Waals surface area contributed by atoms with Crippen LogP contribution in [0.1, 0.15) is 25.8 Å². The number of carbonyl (C=O) groups excluding carboxylic acids is 1. The minimum Gasteiger partial charge on any atom is -0.465 e. The van der Waals surface area contributed by atoms with Crippen molar-refractivity contribution in [3.63, 3.8) is 0 Å². The summed E-state index contributed by atoms with van der Waals surface area (Å²) in [5.41, 5.74) is 0.855. The van der Waals surface area contributed by atoms with E-state index in [2.05, 4.69) is 0 Å². The van der Waals surface area contributed by atoms with Gasteiger partial charge in [-0.25, -0.2) is 0 Å².